The number of carbonyl (C=O) groups excluding carboxylic acids is 2. The standard InChI is InChI=1S/C27H35BrF2O7/c1-12-6-14-13-8-26(29,30)19-7-16(31)15(28)9-24(19,4)20(13)17(32)11-25(14,5)27(12,37)21(34)18(33)10-23(2,3)22(35)36/h7,9,12-14,17-18,20,32-33,37H,6,8,10-11H2,1-5H3,(H,35,36)/t12?,13-,14-,17?,18?,20+,24-,25-,27-/m0/s1. The summed E-state index contributed by atoms with van der Waals surface area (Å²) in [7, 11) is 0. The second-order valence-corrected chi connectivity index (χ2v) is 13.6. The molecule has 4 N–H and O–H groups in total. The highest BCUT2D eigenvalue weighted by Gasteiger charge is 2.73. The summed E-state index contributed by atoms with van der Waals surface area (Å²) in [6.45, 7) is 7.56. The smallest absolute Gasteiger partial charge is 0.309 e. The number of halogens is 3. The molecule has 0 spiro atoms. The van der Waals surface area contributed by atoms with Crippen LogP contribution in [0.2, 0.25) is 0 Å². The summed E-state index contributed by atoms with van der Waals surface area (Å²) in [5.74, 6) is -8.83. The van der Waals surface area contributed by atoms with Gasteiger partial charge in [-0.1, -0.05) is 26.8 Å². The van der Waals surface area contributed by atoms with Gasteiger partial charge in [-0.05, 0) is 72.9 Å². The molecule has 4 rings (SSSR count). The molecule has 0 radical (unpaired) electrons. The third-order valence-corrected chi connectivity index (χ3v) is 10.7. The van der Waals surface area contributed by atoms with E-state index in [1.54, 1.807) is 20.8 Å². The van der Waals surface area contributed by atoms with Crippen LogP contribution in [0.25, 0.3) is 0 Å². The van der Waals surface area contributed by atoms with E-state index in [-0.39, 0.29) is 22.9 Å². The average molecular weight is 589 g/mol. The molecule has 4 aliphatic rings. The number of hydrogen-bond donors (Lipinski definition) is 4. The van der Waals surface area contributed by atoms with Gasteiger partial charge in [0, 0.05) is 28.7 Å². The maximum atomic E-state index is 15.6. The minimum Gasteiger partial charge on any atom is -0.481 e. The number of rotatable bonds is 5. The normalized spacial score (nSPS) is 43.6. The molecule has 0 aromatic carbocycles. The van der Waals surface area contributed by atoms with E-state index in [1.807, 2.05) is 0 Å². The van der Waals surface area contributed by atoms with E-state index in [0.29, 0.717) is 0 Å². The molecular weight excluding hydrogens is 554 g/mol. The quantitative estimate of drug-likeness (QED) is 0.385. The third kappa shape index (κ3) is 3.84. The van der Waals surface area contributed by atoms with Crippen molar-refractivity contribution < 1.29 is 43.6 Å². The first kappa shape index (κ1) is 28.5. The van der Waals surface area contributed by atoms with Crippen LogP contribution in [0.5, 0.6) is 0 Å². The molecule has 37 heavy (non-hydrogen) atoms. The fraction of sp³-hybridized carbons (Fsp3) is 0.741. The van der Waals surface area contributed by atoms with Crippen molar-refractivity contribution in [1.82, 2.24) is 0 Å². The number of aliphatic hydroxyl groups is 3. The minimum absolute atomic E-state index is 0.0751. The number of fused-ring (bicyclic) bond motifs is 5. The molecule has 0 aromatic rings. The minimum atomic E-state index is -3.34. The maximum absolute atomic E-state index is 15.6. The van der Waals surface area contributed by atoms with E-state index in [0.717, 1.165) is 6.08 Å². The van der Waals surface area contributed by atoms with Gasteiger partial charge in [0.1, 0.15) is 11.7 Å². The van der Waals surface area contributed by atoms with Gasteiger partial charge in [0.05, 0.1) is 16.0 Å². The zero-order valence-electron chi connectivity index (χ0n) is 21.6. The molecule has 3 unspecified atom stereocenters. The van der Waals surface area contributed by atoms with Crippen molar-refractivity contribution in [2.75, 3.05) is 0 Å². The number of carbonyl (C=O) groups is 3. The van der Waals surface area contributed by atoms with Crippen molar-refractivity contribution in [3.05, 3.63) is 22.2 Å². The molecule has 9 atom stereocenters. The summed E-state index contributed by atoms with van der Waals surface area (Å²) in [5, 5.41) is 43.7. The topological polar surface area (TPSA) is 132 Å². The number of aliphatic hydroxyl groups excluding tert-OH is 2. The van der Waals surface area contributed by atoms with Crippen LogP contribution in [0.1, 0.15) is 60.3 Å². The molecule has 0 aliphatic heterocycles. The second kappa shape index (κ2) is 8.50. The van der Waals surface area contributed by atoms with Gasteiger partial charge in [-0.15, -0.1) is 0 Å². The number of alkyl halides is 2. The third-order valence-electron chi connectivity index (χ3n) is 10.1. The summed E-state index contributed by atoms with van der Waals surface area (Å²) >= 11 is 3.17. The van der Waals surface area contributed by atoms with Gasteiger partial charge in [0.15, 0.2) is 11.6 Å². The molecule has 7 nitrogen and oxygen atoms in total. The number of carboxylic acid groups (broad SMARTS) is 1. The van der Waals surface area contributed by atoms with E-state index in [9.17, 15) is 34.8 Å². The monoisotopic (exact) mass is 588 g/mol. The van der Waals surface area contributed by atoms with Crippen LogP contribution in [0.3, 0.4) is 0 Å². The first-order valence-electron chi connectivity index (χ1n) is 12.6. The largest absolute Gasteiger partial charge is 0.481 e. The predicted octanol–water partition coefficient (Wildman–Crippen LogP) is 3.64. The van der Waals surface area contributed by atoms with Crippen LogP contribution in [-0.2, 0) is 14.4 Å². The molecule has 4 aliphatic carbocycles. The Bertz CT molecular complexity index is 1120. The van der Waals surface area contributed by atoms with Crippen molar-refractivity contribution >= 4 is 33.5 Å². The SMILES string of the molecule is CC1C[C@H]2[C@@H]3CC(F)(F)C4=CC(=O)C(Br)=C[C@]4(C)[C@H]3C(O)C[C@]2(C)[C@@]1(O)C(=O)C(O)CC(C)(C)C(=O)O. The molecule has 0 amide bonds. The lowest BCUT2D eigenvalue weighted by molar-refractivity contribution is -0.200. The van der Waals surface area contributed by atoms with Crippen LogP contribution in [0.4, 0.5) is 8.78 Å². The molecule has 0 saturated heterocycles. The molecular formula is C27H35BrF2O7. The Morgan fingerprint density at radius 2 is 1.84 bits per heavy atom. The summed E-state index contributed by atoms with van der Waals surface area (Å²) < 4.78 is 31.4. The van der Waals surface area contributed by atoms with Crippen LogP contribution >= 0.6 is 15.9 Å². The zero-order valence-corrected chi connectivity index (χ0v) is 23.2. The first-order chi connectivity index (χ1) is 16.7. The average Bonchev–Trinajstić information content (AvgIpc) is 2.95. The van der Waals surface area contributed by atoms with Crippen LogP contribution < -0.4 is 0 Å². The summed E-state index contributed by atoms with van der Waals surface area (Å²) in [4.78, 5) is 37.4. The summed E-state index contributed by atoms with van der Waals surface area (Å²) in [6.07, 6.45) is -1.48. The van der Waals surface area contributed by atoms with Crippen molar-refractivity contribution in [1.29, 1.82) is 0 Å². The van der Waals surface area contributed by atoms with Gasteiger partial charge < -0.3 is 20.4 Å². The Balaban J connectivity index is 1.76. The van der Waals surface area contributed by atoms with Crippen molar-refractivity contribution in [2.45, 2.75) is 84.0 Å². The highest BCUT2D eigenvalue weighted by Crippen LogP contribution is 2.70. The van der Waals surface area contributed by atoms with E-state index in [2.05, 4.69) is 15.9 Å². The van der Waals surface area contributed by atoms with E-state index >= 15 is 8.78 Å². The molecule has 3 saturated carbocycles. The van der Waals surface area contributed by atoms with Crippen molar-refractivity contribution in [3.8, 4) is 0 Å². The zero-order chi connectivity index (χ0) is 28.1. The molecule has 10 heteroatoms. The lowest BCUT2D eigenvalue weighted by Gasteiger charge is -2.61. The second-order valence-electron chi connectivity index (χ2n) is 12.8. The first-order valence-corrected chi connectivity index (χ1v) is 13.4. The number of allylic oxidation sites excluding steroid dienone is 4. The number of carboxylic acids is 1. The van der Waals surface area contributed by atoms with E-state index in [1.165, 1.54) is 19.9 Å². The highest BCUT2D eigenvalue weighted by atomic mass is 79.9. The summed E-state index contributed by atoms with van der Waals surface area (Å²) in [5.41, 5.74) is -6.58. The Morgan fingerprint density at radius 3 is 2.41 bits per heavy atom. The molecule has 3 fully saturated rings. The molecule has 206 valence electrons. The fourth-order valence-corrected chi connectivity index (χ4v) is 8.80. The van der Waals surface area contributed by atoms with Gasteiger partial charge in [-0.3, -0.25) is 14.4 Å². The van der Waals surface area contributed by atoms with Gasteiger partial charge in [-0.2, -0.15) is 0 Å². The van der Waals surface area contributed by atoms with Crippen LogP contribution in [0.15, 0.2) is 22.2 Å². The van der Waals surface area contributed by atoms with Crippen molar-refractivity contribution in [3.63, 3.8) is 0 Å². The summed E-state index contributed by atoms with van der Waals surface area (Å²) in [6, 6.07) is 0. The predicted molar refractivity (Wildman–Crippen MR) is 133 cm³/mol. The van der Waals surface area contributed by atoms with E-state index < -0.39 is 94.0 Å². The number of hydrogen-bond acceptors (Lipinski definition) is 6. The number of Topliss-reactive ketones (excluding diaryl/α,β-unsaturated/α-hetero) is 1. The van der Waals surface area contributed by atoms with Crippen LogP contribution in [0, 0.1) is 39.9 Å². The lowest BCUT2D eigenvalue weighted by atomic mass is 9.45. The fourth-order valence-electron chi connectivity index (χ4n) is 8.21. The van der Waals surface area contributed by atoms with E-state index in [4.69, 9.17) is 0 Å². The van der Waals surface area contributed by atoms with Gasteiger partial charge in [-0.25, -0.2) is 8.78 Å². The Labute approximate surface area is 223 Å². The molecule has 0 bridgehead atoms. The highest BCUT2D eigenvalue weighted by molar-refractivity contribution is 9.12. The number of aliphatic carboxylic acids is 1. The Hall–Kier alpha value is -1.49. The van der Waals surface area contributed by atoms with Gasteiger partial charge >= 0.3 is 5.97 Å². The van der Waals surface area contributed by atoms with Gasteiger partial charge in [0.25, 0.3) is 5.92 Å². The Kier molecular flexibility index (Phi) is 6.55. The number of ketones is 2. The lowest BCUT2D eigenvalue weighted by Crippen LogP contribution is -2.65. The Morgan fingerprint density at radius 1 is 1.24 bits per heavy atom. The molecule has 0 heterocycles. The molecule has 0 aromatic heterocycles. The van der Waals surface area contributed by atoms with Crippen LogP contribution in [-0.4, -0.2) is 61.7 Å². The van der Waals surface area contributed by atoms with Crippen molar-refractivity contribution in [2.24, 2.45) is 39.9 Å². The maximum Gasteiger partial charge on any atom is 0.309 e. The van der Waals surface area contributed by atoms with Gasteiger partial charge in [0.2, 0.25) is 0 Å².